The van der Waals surface area contributed by atoms with Crippen molar-refractivity contribution in [1.82, 2.24) is 10.3 Å². The predicted molar refractivity (Wildman–Crippen MR) is 94.6 cm³/mol. The third-order valence-electron chi connectivity index (χ3n) is 6.20. The summed E-state index contributed by atoms with van der Waals surface area (Å²) in [4.78, 5) is 3.35. The van der Waals surface area contributed by atoms with Crippen molar-refractivity contribution in [3.63, 3.8) is 0 Å². The van der Waals surface area contributed by atoms with Gasteiger partial charge < -0.3 is 15.4 Å². The summed E-state index contributed by atoms with van der Waals surface area (Å²) in [5.74, 6) is 0.524. The largest absolute Gasteiger partial charge is 0.388 e. The molecule has 1 aromatic heterocycles. The fourth-order valence-corrected chi connectivity index (χ4v) is 4.92. The molecule has 0 aliphatic heterocycles. The van der Waals surface area contributed by atoms with Gasteiger partial charge in [0.25, 0.3) is 0 Å². The topological polar surface area (TPSA) is 48.0 Å². The molecular weight excluding hydrogens is 284 g/mol. The van der Waals surface area contributed by atoms with Crippen molar-refractivity contribution in [2.75, 3.05) is 6.54 Å². The normalized spacial score (nSPS) is 31.2. The van der Waals surface area contributed by atoms with Gasteiger partial charge in [-0.15, -0.1) is 0 Å². The summed E-state index contributed by atoms with van der Waals surface area (Å²) in [6, 6.07) is 8.77. The fourth-order valence-electron chi connectivity index (χ4n) is 4.92. The van der Waals surface area contributed by atoms with Crippen molar-refractivity contribution in [3.05, 3.63) is 36.0 Å². The molecule has 0 saturated heterocycles. The number of fused-ring (bicyclic) bond motifs is 2. The van der Waals surface area contributed by atoms with E-state index in [-0.39, 0.29) is 6.04 Å². The maximum atomic E-state index is 11.2. The minimum Gasteiger partial charge on any atom is -0.388 e. The van der Waals surface area contributed by atoms with Gasteiger partial charge in [-0.25, -0.2) is 0 Å². The number of rotatable bonds is 4. The van der Waals surface area contributed by atoms with E-state index >= 15 is 0 Å². The van der Waals surface area contributed by atoms with Crippen molar-refractivity contribution in [2.45, 2.75) is 63.0 Å². The van der Waals surface area contributed by atoms with E-state index in [1.54, 1.807) is 0 Å². The van der Waals surface area contributed by atoms with Crippen LogP contribution in [0.5, 0.6) is 0 Å². The van der Waals surface area contributed by atoms with Gasteiger partial charge in [0.15, 0.2) is 0 Å². The highest BCUT2D eigenvalue weighted by molar-refractivity contribution is 5.83. The molecule has 2 saturated carbocycles. The molecule has 2 aliphatic rings. The summed E-state index contributed by atoms with van der Waals surface area (Å²) in [6.07, 6.45) is 11.4. The maximum absolute atomic E-state index is 11.2. The van der Waals surface area contributed by atoms with Crippen molar-refractivity contribution < 1.29 is 5.11 Å². The van der Waals surface area contributed by atoms with Crippen LogP contribution in [0.3, 0.4) is 0 Å². The summed E-state index contributed by atoms with van der Waals surface area (Å²) in [7, 11) is 0. The van der Waals surface area contributed by atoms with Gasteiger partial charge in [0.2, 0.25) is 0 Å². The van der Waals surface area contributed by atoms with Gasteiger partial charge in [-0.2, -0.15) is 0 Å². The minimum absolute atomic E-state index is 0.284. The molecular formula is C20H28N2O. The van der Waals surface area contributed by atoms with E-state index in [4.69, 9.17) is 0 Å². The van der Waals surface area contributed by atoms with Gasteiger partial charge in [0, 0.05) is 23.1 Å². The minimum atomic E-state index is -0.448. The van der Waals surface area contributed by atoms with Crippen molar-refractivity contribution in [1.29, 1.82) is 0 Å². The summed E-state index contributed by atoms with van der Waals surface area (Å²) in [6.45, 7) is 0.946. The molecule has 0 bridgehead atoms. The van der Waals surface area contributed by atoms with E-state index in [1.165, 1.54) is 48.6 Å². The zero-order valence-electron chi connectivity index (χ0n) is 13.9. The molecule has 0 spiro atoms. The molecule has 0 amide bonds. The molecule has 2 aliphatic carbocycles. The van der Waals surface area contributed by atoms with Gasteiger partial charge in [-0.3, -0.25) is 0 Å². The van der Waals surface area contributed by atoms with E-state index in [1.807, 2.05) is 0 Å². The molecule has 124 valence electrons. The second kappa shape index (κ2) is 6.29. The highest BCUT2D eigenvalue weighted by Gasteiger charge is 2.46. The van der Waals surface area contributed by atoms with Crippen LogP contribution < -0.4 is 5.32 Å². The van der Waals surface area contributed by atoms with Crippen LogP contribution in [-0.4, -0.2) is 28.3 Å². The zero-order chi connectivity index (χ0) is 15.7. The number of H-pyrrole nitrogens is 1. The number of aliphatic hydroxyl groups is 1. The first-order valence-electron chi connectivity index (χ1n) is 9.28. The number of benzene rings is 1. The smallest absolute Gasteiger partial charge is 0.0827 e. The van der Waals surface area contributed by atoms with Gasteiger partial charge in [-0.1, -0.05) is 37.5 Å². The van der Waals surface area contributed by atoms with Crippen LogP contribution in [0.15, 0.2) is 30.5 Å². The Morgan fingerprint density at radius 2 is 2.00 bits per heavy atom. The van der Waals surface area contributed by atoms with Crippen LogP contribution in [0.4, 0.5) is 0 Å². The van der Waals surface area contributed by atoms with Crippen LogP contribution in [0.25, 0.3) is 10.9 Å². The number of hydrogen-bond donors (Lipinski definition) is 3. The van der Waals surface area contributed by atoms with Crippen LogP contribution in [0, 0.1) is 5.92 Å². The third-order valence-corrected chi connectivity index (χ3v) is 6.20. The van der Waals surface area contributed by atoms with E-state index in [0.717, 1.165) is 25.8 Å². The number of para-hydroxylation sites is 1. The zero-order valence-corrected chi connectivity index (χ0v) is 13.9. The summed E-state index contributed by atoms with van der Waals surface area (Å²) in [5, 5.41) is 16.2. The Kier molecular flexibility index (Phi) is 4.16. The first-order chi connectivity index (χ1) is 11.3. The Hall–Kier alpha value is -1.32. The Bertz CT molecular complexity index is 662. The first-order valence-corrected chi connectivity index (χ1v) is 9.28. The van der Waals surface area contributed by atoms with Crippen LogP contribution >= 0.6 is 0 Å². The van der Waals surface area contributed by atoms with Gasteiger partial charge >= 0.3 is 0 Å². The molecule has 0 unspecified atom stereocenters. The van der Waals surface area contributed by atoms with Crippen molar-refractivity contribution >= 4 is 10.9 Å². The average Bonchev–Trinajstić information content (AvgIpc) is 2.98. The van der Waals surface area contributed by atoms with Gasteiger partial charge in [-0.05, 0) is 56.2 Å². The summed E-state index contributed by atoms with van der Waals surface area (Å²) < 4.78 is 0. The molecule has 4 rings (SSSR count). The first kappa shape index (κ1) is 15.2. The van der Waals surface area contributed by atoms with E-state index < -0.39 is 5.60 Å². The summed E-state index contributed by atoms with van der Waals surface area (Å²) in [5.41, 5.74) is 2.14. The van der Waals surface area contributed by atoms with E-state index in [0.29, 0.717) is 5.92 Å². The van der Waals surface area contributed by atoms with E-state index in [9.17, 15) is 5.11 Å². The second-order valence-electron chi connectivity index (χ2n) is 7.48. The maximum Gasteiger partial charge on any atom is 0.0827 e. The van der Waals surface area contributed by atoms with Crippen molar-refractivity contribution in [2.24, 2.45) is 5.92 Å². The molecule has 3 nitrogen and oxygen atoms in total. The van der Waals surface area contributed by atoms with Crippen LogP contribution in [0.2, 0.25) is 0 Å². The van der Waals surface area contributed by atoms with Crippen LogP contribution in [-0.2, 0) is 6.42 Å². The lowest BCUT2D eigenvalue weighted by Gasteiger charge is -2.49. The van der Waals surface area contributed by atoms with Gasteiger partial charge in [0.1, 0.15) is 0 Å². The Morgan fingerprint density at radius 1 is 1.13 bits per heavy atom. The lowest BCUT2D eigenvalue weighted by atomic mass is 9.65. The molecule has 2 fully saturated rings. The number of aromatic nitrogens is 1. The molecule has 23 heavy (non-hydrogen) atoms. The highest BCUT2D eigenvalue weighted by Crippen LogP contribution is 2.43. The molecule has 3 atom stereocenters. The third kappa shape index (κ3) is 2.81. The average molecular weight is 312 g/mol. The fraction of sp³-hybridized carbons (Fsp3) is 0.600. The Balaban J connectivity index is 1.40. The molecule has 0 radical (unpaired) electrons. The van der Waals surface area contributed by atoms with Gasteiger partial charge in [0.05, 0.1) is 5.60 Å². The lowest BCUT2D eigenvalue weighted by Crippen LogP contribution is -2.59. The molecule has 1 heterocycles. The second-order valence-corrected chi connectivity index (χ2v) is 7.48. The van der Waals surface area contributed by atoms with Crippen LogP contribution in [0.1, 0.15) is 50.5 Å². The number of hydrogen-bond acceptors (Lipinski definition) is 2. The van der Waals surface area contributed by atoms with Crippen molar-refractivity contribution in [3.8, 4) is 0 Å². The highest BCUT2D eigenvalue weighted by atomic mass is 16.3. The SMILES string of the molecule is O[C@@]12CCCC[C@@H]1CCC[C@@H]2NCCc1c[nH]c2ccccc12. The monoisotopic (exact) mass is 312 g/mol. The standard InChI is InChI=1S/C20H28N2O/c23-20-12-4-3-6-16(20)7-5-10-19(20)21-13-11-15-14-22-18-9-2-1-8-17(15)18/h1-2,8-9,14,16,19,21-23H,3-7,10-13H2/t16-,19+,20+/m1/s1. The molecule has 3 N–H and O–H groups in total. The summed E-state index contributed by atoms with van der Waals surface area (Å²) >= 11 is 0. The van der Waals surface area contributed by atoms with E-state index in [2.05, 4.69) is 40.8 Å². The molecule has 2 aromatic rings. The Labute approximate surface area is 138 Å². The Morgan fingerprint density at radius 3 is 2.96 bits per heavy atom. The molecule has 1 aromatic carbocycles. The predicted octanol–water partition coefficient (Wildman–Crippen LogP) is 3.77. The quantitative estimate of drug-likeness (QED) is 0.805. The molecule has 3 heteroatoms. The number of aromatic amines is 1. The number of nitrogens with one attached hydrogen (secondary N) is 2. The lowest BCUT2D eigenvalue weighted by molar-refractivity contribution is -0.0983.